The number of aromatic nitrogens is 1. The predicted molar refractivity (Wildman–Crippen MR) is 115 cm³/mol. The molecule has 0 radical (unpaired) electrons. The number of carbonyl (C=O) groups is 3. The van der Waals surface area contributed by atoms with Crippen molar-refractivity contribution >= 4 is 23.7 Å². The van der Waals surface area contributed by atoms with Crippen molar-refractivity contribution in [3.63, 3.8) is 0 Å². The average molecular weight is 418 g/mol. The molecule has 2 aromatic carbocycles. The Morgan fingerprint density at radius 1 is 0.839 bits per heavy atom. The molecular weight excluding hydrogens is 396 g/mol. The van der Waals surface area contributed by atoms with E-state index in [0.29, 0.717) is 6.42 Å². The molecule has 0 atom stereocenters. The number of hydrogen-bond acceptors (Lipinski definition) is 5. The van der Waals surface area contributed by atoms with Gasteiger partial charge in [0.2, 0.25) is 5.91 Å². The lowest BCUT2D eigenvalue weighted by Gasteiger charge is -2.09. The van der Waals surface area contributed by atoms with Crippen LogP contribution in [0.5, 0.6) is 0 Å². The van der Waals surface area contributed by atoms with Gasteiger partial charge in [-0.25, -0.2) is 15.2 Å². The number of hydrogen-bond donors (Lipinski definition) is 3. The van der Waals surface area contributed by atoms with Crippen LogP contribution in [0.2, 0.25) is 0 Å². The van der Waals surface area contributed by atoms with Crippen LogP contribution in [0.3, 0.4) is 0 Å². The summed E-state index contributed by atoms with van der Waals surface area (Å²) >= 11 is 0. The molecule has 1 heterocycles. The van der Waals surface area contributed by atoms with E-state index >= 15 is 0 Å². The van der Waals surface area contributed by atoms with E-state index in [9.17, 15) is 14.4 Å². The molecule has 3 rings (SSSR count). The summed E-state index contributed by atoms with van der Waals surface area (Å²) < 4.78 is 5.02. The number of anilines is 1. The number of rotatable bonds is 7. The van der Waals surface area contributed by atoms with E-state index in [1.54, 1.807) is 0 Å². The normalized spacial score (nSPS) is 10.1. The molecule has 0 unspecified atom stereocenters. The molecule has 0 bridgehead atoms. The second-order valence-electron chi connectivity index (χ2n) is 6.60. The number of carbonyl (C=O) groups excluding carboxylic acids is 3. The Morgan fingerprint density at radius 2 is 1.52 bits per heavy atom. The molecule has 8 nitrogen and oxygen atoms in total. The number of amides is 3. The highest BCUT2D eigenvalue weighted by Gasteiger charge is 2.11. The number of nitrogens with one attached hydrogen (secondary N) is 3. The van der Waals surface area contributed by atoms with E-state index in [4.69, 9.17) is 4.74 Å². The van der Waals surface area contributed by atoms with E-state index in [2.05, 4.69) is 21.2 Å². The van der Waals surface area contributed by atoms with Gasteiger partial charge in [0, 0.05) is 18.2 Å². The van der Waals surface area contributed by atoms with E-state index in [-0.39, 0.29) is 30.3 Å². The third kappa shape index (κ3) is 7.28. The molecule has 158 valence electrons. The van der Waals surface area contributed by atoms with E-state index in [0.717, 1.165) is 11.1 Å². The largest absolute Gasteiger partial charge is 0.443 e. The van der Waals surface area contributed by atoms with Gasteiger partial charge in [0.25, 0.3) is 5.91 Å². The molecule has 0 aliphatic rings. The lowest BCUT2D eigenvalue weighted by Crippen LogP contribution is -2.41. The number of pyridine rings is 1. The fraction of sp³-hybridized carbons (Fsp3) is 0.130. The first-order valence-electron chi connectivity index (χ1n) is 9.67. The van der Waals surface area contributed by atoms with Crippen LogP contribution < -0.4 is 16.2 Å². The van der Waals surface area contributed by atoms with Gasteiger partial charge >= 0.3 is 6.09 Å². The van der Waals surface area contributed by atoms with Crippen LogP contribution in [0.4, 0.5) is 10.6 Å². The van der Waals surface area contributed by atoms with Crippen molar-refractivity contribution in [1.82, 2.24) is 15.8 Å². The molecule has 1 aromatic heterocycles. The van der Waals surface area contributed by atoms with E-state index in [1.165, 1.54) is 18.3 Å². The first kappa shape index (κ1) is 21.5. The summed E-state index contributed by atoms with van der Waals surface area (Å²) in [5.41, 5.74) is 6.54. The molecule has 0 fully saturated rings. The van der Waals surface area contributed by atoms with E-state index < -0.39 is 12.0 Å². The van der Waals surface area contributed by atoms with Crippen molar-refractivity contribution in [3.8, 4) is 0 Å². The molecule has 0 aliphatic heterocycles. The van der Waals surface area contributed by atoms with Gasteiger partial charge in [0.05, 0.1) is 0 Å². The van der Waals surface area contributed by atoms with Crippen LogP contribution in [0, 0.1) is 0 Å². The van der Waals surface area contributed by atoms with Crippen LogP contribution in [-0.2, 0) is 22.6 Å². The highest BCUT2D eigenvalue weighted by atomic mass is 16.6. The number of aryl methyl sites for hydroxylation is 1. The third-order valence-corrected chi connectivity index (χ3v) is 4.26. The minimum Gasteiger partial charge on any atom is -0.443 e. The van der Waals surface area contributed by atoms with Crippen molar-refractivity contribution in [2.24, 2.45) is 0 Å². The first-order valence-corrected chi connectivity index (χ1v) is 9.67. The number of benzene rings is 2. The second-order valence-corrected chi connectivity index (χ2v) is 6.60. The average Bonchev–Trinajstić information content (AvgIpc) is 2.81. The van der Waals surface area contributed by atoms with Gasteiger partial charge in [-0.1, -0.05) is 60.7 Å². The SMILES string of the molecule is O=C(CCc1ccccc1)Nc1cc(C(=O)NNC(=O)OCc2ccccc2)ccn1. The Kier molecular flexibility index (Phi) is 7.70. The fourth-order valence-corrected chi connectivity index (χ4v) is 2.69. The monoisotopic (exact) mass is 418 g/mol. The Labute approximate surface area is 179 Å². The van der Waals surface area contributed by atoms with Gasteiger partial charge < -0.3 is 10.1 Å². The maximum absolute atomic E-state index is 12.3. The molecule has 0 spiro atoms. The molecule has 0 saturated carbocycles. The number of ether oxygens (including phenoxy) is 1. The van der Waals surface area contributed by atoms with Gasteiger partial charge in [-0.3, -0.25) is 15.0 Å². The summed E-state index contributed by atoms with van der Waals surface area (Å²) in [6.07, 6.45) is 1.49. The van der Waals surface area contributed by atoms with Crippen LogP contribution in [-0.4, -0.2) is 22.9 Å². The third-order valence-electron chi connectivity index (χ3n) is 4.26. The number of nitrogens with zero attached hydrogens (tertiary/aromatic N) is 1. The fourth-order valence-electron chi connectivity index (χ4n) is 2.69. The van der Waals surface area contributed by atoms with E-state index in [1.807, 2.05) is 60.7 Å². The van der Waals surface area contributed by atoms with Crippen molar-refractivity contribution in [2.45, 2.75) is 19.4 Å². The first-order chi connectivity index (χ1) is 15.1. The predicted octanol–water partition coefficient (Wildman–Crippen LogP) is 3.22. The van der Waals surface area contributed by atoms with Crippen molar-refractivity contribution in [3.05, 3.63) is 95.7 Å². The lowest BCUT2D eigenvalue weighted by atomic mass is 10.1. The smallest absolute Gasteiger partial charge is 0.426 e. The minimum absolute atomic E-state index is 0.0803. The quantitative estimate of drug-likeness (QED) is 0.511. The molecular formula is C23H22N4O4. The van der Waals surface area contributed by atoms with Gasteiger partial charge in [-0.05, 0) is 29.7 Å². The van der Waals surface area contributed by atoms with Crippen LogP contribution >= 0.6 is 0 Å². The Hall–Kier alpha value is -4.20. The van der Waals surface area contributed by atoms with Crippen molar-refractivity contribution < 1.29 is 19.1 Å². The van der Waals surface area contributed by atoms with Crippen molar-refractivity contribution in [1.29, 1.82) is 0 Å². The Bertz CT molecular complexity index is 1030. The zero-order valence-corrected chi connectivity index (χ0v) is 16.7. The van der Waals surface area contributed by atoms with Crippen LogP contribution in [0.1, 0.15) is 27.9 Å². The lowest BCUT2D eigenvalue weighted by molar-refractivity contribution is -0.116. The molecule has 3 N–H and O–H groups in total. The van der Waals surface area contributed by atoms with Gasteiger partial charge in [0.15, 0.2) is 0 Å². The summed E-state index contributed by atoms with van der Waals surface area (Å²) in [6, 6.07) is 21.7. The summed E-state index contributed by atoms with van der Waals surface area (Å²) in [5, 5.41) is 2.67. The van der Waals surface area contributed by atoms with Gasteiger partial charge in [0.1, 0.15) is 12.4 Å². The van der Waals surface area contributed by atoms with Crippen LogP contribution in [0.25, 0.3) is 0 Å². The van der Waals surface area contributed by atoms with Gasteiger partial charge in [-0.2, -0.15) is 0 Å². The van der Waals surface area contributed by atoms with Crippen molar-refractivity contribution in [2.75, 3.05) is 5.32 Å². The maximum atomic E-state index is 12.3. The zero-order valence-electron chi connectivity index (χ0n) is 16.7. The molecule has 3 amide bonds. The maximum Gasteiger partial charge on any atom is 0.426 e. The Morgan fingerprint density at radius 3 is 2.23 bits per heavy atom. The molecule has 8 heteroatoms. The number of hydrazine groups is 1. The van der Waals surface area contributed by atoms with Gasteiger partial charge in [-0.15, -0.1) is 0 Å². The highest BCUT2D eigenvalue weighted by Crippen LogP contribution is 2.09. The topological polar surface area (TPSA) is 109 Å². The molecule has 0 aliphatic carbocycles. The standard InChI is InChI=1S/C23H22N4O4/c28-21(12-11-17-7-3-1-4-8-17)25-20-15-19(13-14-24-20)22(29)26-27-23(30)31-16-18-9-5-2-6-10-18/h1-10,13-15H,11-12,16H2,(H,26,29)(H,27,30)(H,24,25,28). The summed E-state index contributed by atoms with van der Waals surface area (Å²) in [6.45, 7) is 0.0803. The molecule has 31 heavy (non-hydrogen) atoms. The molecule has 3 aromatic rings. The minimum atomic E-state index is -0.791. The second kappa shape index (κ2) is 11.1. The summed E-state index contributed by atoms with van der Waals surface area (Å²) in [5.74, 6) is -0.535. The van der Waals surface area contributed by atoms with Crippen LogP contribution in [0.15, 0.2) is 79.0 Å². The zero-order chi connectivity index (χ0) is 21.9. The Balaban J connectivity index is 1.44. The summed E-state index contributed by atoms with van der Waals surface area (Å²) in [4.78, 5) is 40.2. The summed E-state index contributed by atoms with van der Waals surface area (Å²) in [7, 11) is 0. The molecule has 0 saturated heterocycles. The highest BCUT2D eigenvalue weighted by molar-refractivity contribution is 5.97.